The van der Waals surface area contributed by atoms with Gasteiger partial charge < -0.3 is 15.8 Å². The third kappa shape index (κ3) is 3.89. The van der Waals surface area contributed by atoms with Crippen molar-refractivity contribution < 1.29 is 18.3 Å². The second-order valence-electron chi connectivity index (χ2n) is 4.83. The zero-order chi connectivity index (χ0) is 13.1. The quantitative estimate of drug-likeness (QED) is 0.740. The molecule has 2 atom stereocenters. The molecule has 0 spiro atoms. The Morgan fingerprint density at radius 1 is 1.59 bits per heavy atom. The van der Waals surface area contributed by atoms with Crippen molar-refractivity contribution in [3.63, 3.8) is 0 Å². The van der Waals surface area contributed by atoms with Gasteiger partial charge in [-0.1, -0.05) is 0 Å². The summed E-state index contributed by atoms with van der Waals surface area (Å²) in [4.78, 5) is 11.5. The fourth-order valence-corrected chi connectivity index (χ4v) is 2.33. The second-order valence-corrected chi connectivity index (χ2v) is 4.83. The molecule has 0 heterocycles. The summed E-state index contributed by atoms with van der Waals surface area (Å²) in [5.74, 6) is -0.436. The Kier molecular flexibility index (Phi) is 4.82. The van der Waals surface area contributed by atoms with Gasteiger partial charge in [-0.15, -0.1) is 0 Å². The van der Waals surface area contributed by atoms with Gasteiger partial charge in [-0.3, -0.25) is 4.79 Å². The van der Waals surface area contributed by atoms with Crippen LogP contribution in [0.4, 0.5) is 8.78 Å². The maximum Gasteiger partial charge on any atom is 0.261 e. The molecule has 6 heteroatoms. The summed E-state index contributed by atoms with van der Waals surface area (Å²) >= 11 is 0. The molecule has 0 aromatic rings. The number of carbonyl (C=O) groups excluding carboxylic acids is 1. The summed E-state index contributed by atoms with van der Waals surface area (Å²) in [5, 5.41) is 3.13. The minimum absolute atomic E-state index is 0.108. The molecule has 3 N–H and O–H groups in total. The maximum absolute atomic E-state index is 12.0. The van der Waals surface area contributed by atoms with Crippen LogP contribution in [0.25, 0.3) is 0 Å². The summed E-state index contributed by atoms with van der Waals surface area (Å²) in [5.41, 5.74) is 4.59. The molecule has 0 bridgehead atoms. The predicted molar refractivity (Wildman–Crippen MR) is 59.8 cm³/mol. The number of rotatable bonds is 6. The minimum Gasteiger partial charge on any atom is -0.372 e. The third-order valence-corrected chi connectivity index (χ3v) is 2.96. The molecule has 0 aromatic carbocycles. The first-order valence-electron chi connectivity index (χ1n) is 5.83. The Labute approximate surface area is 99.9 Å². The van der Waals surface area contributed by atoms with Crippen molar-refractivity contribution in [3.8, 4) is 0 Å². The van der Waals surface area contributed by atoms with Gasteiger partial charge >= 0.3 is 0 Å². The van der Waals surface area contributed by atoms with E-state index in [0.29, 0.717) is 19.3 Å². The molecule has 1 rings (SSSR count). The number of hydrogen-bond acceptors (Lipinski definition) is 3. The van der Waals surface area contributed by atoms with E-state index < -0.39 is 24.5 Å². The topological polar surface area (TPSA) is 64.3 Å². The number of halogens is 2. The Morgan fingerprint density at radius 2 is 2.24 bits per heavy atom. The fraction of sp³-hybridized carbons (Fsp3) is 0.909. The second kappa shape index (κ2) is 5.73. The molecule has 17 heavy (non-hydrogen) atoms. The van der Waals surface area contributed by atoms with Crippen LogP contribution in [-0.2, 0) is 9.53 Å². The molecule has 1 fully saturated rings. The van der Waals surface area contributed by atoms with Gasteiger partial charge in [0.15, 0.2) is 0 Å². The number of ether oxygens (including phenoxy) is 1. The maximum atomic E-state index is 12.0. The van der Waals surface area contributed by atoms with Gasteiger partial charge in [-0.2, -0.15) is 0 Å². The third-order valence-electron chi connectivity index (χ3n) is 2.96. The summed E-state index contributed by atoms with van der Waals surface area (Å²) in [6.07, 6.45) is -1.31. The van der Waals surface area contributed by atoms with Gasteiger partial charge in [-0.25, -0.2) is 8.78 Å². The Morgan fingerprint density at radius 3 is 2.71 bits per heavy atom. The molecule has 2 unspecified atom stereocenters. The number of nitrogens with one attached hydrogen (secondary N) is 1. The van der Waals surface area contributed by atoms with E-state index in [0.717, 1.165) is 0 Å². The molecule has 1 aliphatic carbocycles. The van der Waals surface area contributed by atoms with Gasteiger partial charge in [0.2, 0.25) is 5.91 Å². The molecule has 0 radical (unpaired) electrons. The summed E-state index contributed by atoms with van der Waals surface area (Å²) in [6, 6.07) is 0.108. The van der Waals surface area contributed by atoms with Crippen LogP contribution in [0.15, 0.2) is 0 Å². The van der Waals surface area contributed by atoms with Crippen LogP contribution in [0.1, 0.15) is 33.1 Å². The van der Waals surface area contributed by atoms with E-state index in [1.165, 1.54) is 0 Å². The van der Waals surface area contributed by atoms with E-state index in [1.807, 2.05) is 13.8 Å². The minimum atomic E-state index is -2.48. The van der Waals surface area contributed by atoms with E-state index in [-0.39, 0.29) is 12.1 Å². The highest BCUT2D eigenvalue weighted by Gasteiger charge is 2.44. The van der Waals surface area contributed by atoms with Crippen LogP contribution in [0, 0.1) is 0 Å². The number of nitrogens with two attached hydrogens (primary N) is 1. The summed E-state index contributed by atoms with van der Waals surface area (Å²) in [6.45, 7) is 3.25. The van der Waals surface area contributed by atoms with Gasteiger partial charge in [0, 0.05) is 12.5 Å². The smallest absolute Gasteiger partial charge is 0.261 e. The molecular formula is C11H20F2N2O2. The summed E-state index contributed by atoms with van der Waals surface area (Å²) < 4.78 is 29.1. The number of carbonyl (C=O) groups is 1. The lowest BCUT2D eigenvalue weighted by atomic mass is 9.95. The molecule has 1 saturated carbocycles. The van der Waals surface area contributed by atoms with Crippen LogP contribution in [0.5, 0.6) is 0 Å². The van der Waals surface area contributed by atoms with E-state index >= 15 is 0 Å². The molecule has 0 aromatic heterocycles. The zero-order valence-electron chi connectivity index (χ0n) is 10.2. The number of primary amides is 1. The van der Waals surface area contributed by atoms with Crippen LogP contribution < -0.4 is 11.1 Å². The van der Waals surface area contributed by atoms with Gasteiger partial charge in [0.25, 0.3) is 6.43 Å². The standard InChI is InChI=1S/C11H20F2N2O2/c1-7(2)15-11(10(14)16)4-3-8(5-11)17-6-9(12)13/h7-9,15H,3-6H2,1-2H3,(H2,14,16). The van der Waals surface area contributed by atoms with Gasteiger partial charge in [-0.05, 0) is 26.7 Å². The molecule has 1 amide bonds. The van der Waals surface area contributed by atoms with Crippen molar-refractivity contribution >= 4 is 5.91 Å². The van der Waals surface area contributed by atoms with Gasteiger partial charge in [0.05, 0.1) is 6.10 Å². The Balaban J connectivity index is 2.56. The highest BCUT2D eigenvalue weighted by molar-refractivity contribution is 5.85. The zero-order valence-corrected chi connectivity index (χ0v) is 10.2. The highest BCUT2D eigenvalue weighted by Crippen LogP contribution is 2.32. The van der Waals surface area contributed by atoms with E-state index in [1.54, 1.807) is 0 Å². The van der Waals surface area contributed by atoms with Gasteiger partial charge in [0.1, 0.15) is 12.1 Å². The molecular weight excluding hydrogens is 230 g/mol. The Hall–Kier alpha value is -0.750. The monoisotopic (exact) mass is 250 g/mol. The SMILES string of the molecule is CC(C)NC1(C(N)=O)CCC(OCC(F)F)C1. The van der Waals surface area contributed by atoms with E-state index in [9.17, 15) is 13.6 Å². The lowest BCUT2D eigenvalue weighted by Crippen LogP contribution is -2.56. The lowest BCUT2D eigenvalue weighted by molar-refractivity contribution is -0.125. The summed E-state index contributed by atoms with van der Waals surface area (Å²) in [7, 11) is 0. The first-order valence-corrected chi connectivity index (χ1v) is 5.83. The average Bonchev–Trinajstić information content (AvgIpc) is 2.59. The van der Waals surface area contributed by atoms with Crippen molar-refractivity contribution in [1.29, 1.82) is 0 Å². The normalized spacial score (nSPS) is 29.2. The first-order chi connectivity index (χ1) is 7.85. The number of hydrogen-bond donors (Lipinski definition) is 2. The number of alkyl halides is 2. The molecule has 1 aliphatic rings. The fourth-order valence-electron chi connectivity index (χ4n) is 2.33. The van der Waals surface area contributed by atoms with Crippen LogP contribution >= 0.6 is 0 Å². The molecule has 100 valence electrons. The number of amides is 1. The first kappa shape index (κ1) is 14.3. The average molecular weight is 250 g/mol. The van der Waals surface area contributed by atoms with Crippen molar-refractivity contribution in [1.82, 2.24) is 5.32 Å². The van der Waals surface area contributed by atoms with Crippen molar-refractivity contribution in [2.24, 2.45) is 5.73 Å². The van der Waals surface area contributed by atoms with E-state index in [4.69, 9.17) is 10.5 Å². The largest absolute Gasteiger partial charge is 0.372 e. The van der Waals surface area contributed by atoms with Crippen LogP contribution in [0.2, 0.25) is 0 Å². The van der Waals surface area contributed by atoms with Crippen LogP contribution in [0.3, 0.4) is 0 Å². The van der Waals surface area contributed by atoms with E-state index in [2.05, 4.69) is 5.32 Å². The van der Waals surface area contributed by atoms with Crippen molar-refractivity contribution in [2.45, 2.75) is 57.2 Å². The molecule has 0 aliphatic heterocycles. The highest BCUT2D eigenvalue weighted by atomic mass is 19.3. The molecule has 0 saturated heterocycles. The lowest BCUT2D eigenvalue weighted by Gasteiger charge is -2.29. The predicted octanol–water partition coefficient (Wildman–Crippen LogP) is 1.04. The molecule has 4 nitrogen and oxygen atoms in total. The Bertz CT molecular complexity index is 274. The van der Waals surface area contributed by atoms with Crippen molar-refractivity contribution in [2.75, 3.05) is 6.61 Å². The van der Waals surface area contributed by atoms with Crippen LogP contribution in [-0.4, -0.2) is 36.6 Å². The van der Waals surface area contributed by atoms with Crippen molar-refractivity contribution in [3.05, 3.63) is 0 Å².